The number of hydrogen-bond acceptors (Lipinski definition) is 7. The summed E-state index contributed by atoms with van der Waals surface area (Å²) in [5.41, 5.74) is 7.45. The summed E-state index contributed by atoms with van der Waals surface area (Å²) in [5, 5.41) is 7.33. The predicted molar refractivity (Wildman–Crippen MR) is 207 cm³/mol. The quantitative estimate of drug-likeness (QED) is 0.196. The SMILES string of the molecule is Cc1cc(S(=O)(=O)NC(=O)c2ccc(N3CCC(=Cc4cccc(N[C@H]5C[C@H]6C[C@@H]([C@@H]5C)C6(C)C)c4)CC3)cc2)ccc1NCC1CCOCC1. The zero-order valence-corrected chi connectivity index (χ0v) is 31.4. The number of carbonyl (C=O) groups excluding carboxylic acids is 1. The van der Waals surface area contributed by atoms with E-state index in [-0.39, 0.29) is 4.90 Å². The Morgan fingerprint density at radius 1 is 0.980 bits per heavy atom. The second kappa shape index (κ2) is 14.7. The van der Waals surface area contributed by atoms with Gasteiger partial charge in [-0.1, -0.05) is 44.6 Å². The van der Waals surface area contributed by atoms with E-state index in [0.717, 1.165) is 87.3 Å². The fourth-order valence-electron chi connectivity index (χ4n) is 8.97. The van der Waals surface area contributed by atoms with Gasteiger partial charge >= 0.3 is 0 Å². The van der Waals surface area contributed by atoms with Gasteiger partial charge in [-0.25, -0.2) is 13.1 Å². The maximum Gasteiger partial charge on any atom is 0.264 e. The Hall–Kier alpha value is -3.82. The molecule has 2 saturated heterocycles. The van der Waals surface area contributed by atoms with Gasteiger partial charge in [0, 0.05) is 61.5 Å². The third kappa shape index (κ3) is 7.85. The Morgan fingerprint density at radius 3 is 2.41 bits per heavy atom. The third-order valence-corrected chi connectivity index (χ3v) is 13.8. The summed E-state index contributed by atoms with van der Waals surface area (Å²) >= 11 is 0. The van der Waals surface area contributed by atoms with Crippen molar-refractivity contribution in [3.05, 3.63) is 89.0 Å². The number of nitrogens with zero attached hydrogens (tertiary/aromatic N) is 1. The number of sulfonamides is 1. The van der Waals surface area contributed by atoms with Crippen LogP contribution in [-0.4, -0.2) is 53.2 Å². The van der Waals surface area contributed by atoms with E-state index in [1.807, 2.05) is 19.1 Å². The Balaban J connectivity index is 0.902. The minimum absolute atomic E-state index is 0.0704. The fraction of sp³-hybridized carbons (Fsp3) is 0.500. The molecule has 272 valence electrons. The Kier molecular flexibility index (Phi) is 10.2. The molecule has 8 rings (SSSR count). The number of carbonyl (C=O) groups is 1. The van der Waals surface area contributed by atoms with Crippen LogP contribution < -0.4 is 20.3 Å². The predicted octanol–water partition coefficient (Wildman–Crippen LogP) is 8.12. The van der Waals surface area contributed by atoms with E-state index in [4.69, 9.17) is 4.74 Å². The van der Waals surface area contributed by atoms with E-state index in [1.54, 1.807) is 30.3 Å². The summed E-state index contributed by atoms with van der Waals surface area (Å²) in [6.45, 7) is 13.4. The second-order valence-electron chi connectivity index (χ2n) is 16.0. The largest absolute Gasteiger partial charge is 0.385 e. The average molecular weight is 711 g/mol. The minimum atomic E-state index is -4.03. The van der Waals surface area contributed by atoms with Crippen LogP contribution in [0.4, 0.5) is 17.1 Å². The molecule has 3 aromatic carbocycles. The molecular weight excluding hydrogens is 657 g/mol. The minimum Gasteiger partial charge on any atom is -0.385 e. The first-order valence-electron chi connectivity index (χ1n) is 18.9. The first kappa shape index (κ1) is 35.6. The zero-order valence-electron chi connectivity index (χ0n) is 30.6. The van der Waals surface area contributed by atoms with Crippen molar-refractivity contribution in [2.45, 2.75) is 77.2 Å². The first-order valence-corrected chi connectivity index (χ1v) is 20.3. The lowest BCUT2D eigenvalue weighted by atomic mass is 9.45. The van der Waals surface area contributed by atoms with E-state index < -0.39 is 15.9 Å². The molecule has 2 bridgehead atoms. The molecule has 51 heavy (non-hydrogen) atoms. The van der Waals surface area contributed by atoms with Crippen molar-refractivity contribution in [1.29, 1.82) is 0 Å². The summed E-state index contributed by atoms with van der Waals surface area (Å²) in [7, 11) is -4.03. The third-order valence-electron chi connectivity index (χ3n) is 12.5. The topological polar surface area (TPSA) is 99.8 Å². The molecule has 9 heteroatoms. The van der Waals surface area contributed by atoms with Crippen molar-refractivity contribution in [1.82, 2.24) is 4.72 Å². The molecular formula is C42H54N4O4S. The number of piperidine rings is 1. The van der Waals surface area contributed by atoms with Gasteiger partial charge in [-0.3, -0.25) is 4.79 Å². The fourth-order valence-corrected chi connectivity index (χ4v) is 10.0. The number of ether oxygens (including phenoxy) is 1. The number of benzene rings is 3. The highest BCUT2D eigenvalue weighted by molar-refractivity contribution is 7.90. The lowest BCUT2D eigenvalue weighted by molar-refractivity contribution is -0.105. The van der Waals surface area contributed by atoms with Crippen LogP contribution in [0.5, 0.6) is 0 Å². The summed E-state index contributed by atoms with van der Waals surface area (Å²) in [6, 6.07) is 21.6. The van der Waals surface area contributed by atoms with Crippen LogP contribution >= 0.6 is 0 Å². The molecule has 2 aliphatic heterocycles. The van der Waals surface area contributed by atoms with Gasteiger partial charge in [0.05, 0.1) is 4.90 Å². The monoisotopic (exact) mass is 710 g/mol. The molecule has 8 nitrogen and oxygen atoms in total. The number of amides is 1. The molecule has 1 amide bonds. The van der Waals surface area contributed by atoms with Crippen LogP contribution in [0.25, 0.3) is 6.08 Å². The summed E-state index contributed by atoms with van der Waals surface area (Å²) in [6.07, 6.45) is 8.99. The van der Waals surface area contributed by atoms with E-state index in [0.29, 0.717) is 28.9 Å². The molecule has 0 unspecified atom stereocenters. The maximum absolute atomic E-state index is 13.1. The maximum atomic E-state index is 13.1. The number of anilines is 3. The standard InChI is InChI=1S/C42H54N4O4S/c1-28-22-37(12-13-39(28)43-27-31-16-20-50-21-17-31)51(48,49)45-41(47)33-8-10-36(11-9-33)46-18-14-30(15-19-46)23-32-6-5-7-35(24-32)44-40-26-34-25-38(29(40)2)42(34,3)4/h5-13,22-24,29,31,34,38,40,43-44H,14-21,25-27H2,1-4H3,(H,45,47)/t29-,34+,38-,40-/m0/s1. The summed E-state index contributed by atoms with van der Waals surface area (Å²) < 4.78 is 34.0. The van der Waals surface area contributed by atoms with Gasteiger partial charge in [-0.15, -0.1) is 0 Å². The van der Waals surface area contributed by atoms with E-state index in [1.165, 1.54) is 29.7 Å². The summed E-state index contributed by atoms with van der Waals surface area (Å²) in [4.78, 5) is 15.4. The lowest BCUT2D eigenvalue weighted by Gasteiger charge is -2.62. The molecule has 2 heterocycles. The van der Waals surface area contributed by atoms with Gasteiger partial charge < -0.3 is 20.3 Å². The van der Waals surface area contributed by atoms with E-state index in [9.17, 15) is 13.2 Å². The highest BCUT2D eigenvalue weighted by atomic mass is 32.2. The Labute approximate surface area is 304 Å². The van der Waals surface area contributed by atoms with Gasteiger partial charge in [-0.05, 0) is 140 Å². The first-order chi connectivity index (χ1) is 24.5. The van der Waals surface area contributed by atoms with Crippen molar-refractivity contribution in [2.75, 3.05) is 48.4 Å². The van der Waals surface area contributed by atoms with Crippen LogP contribution in [0.2, 0.25) is 0 Å². The molecule has 0 aromatic heterocycles. The number of aryl methyl sites for hydroxylation is 1. The van der Waals surface area contributed by atoms with Crippen LogP contribution in [-0.2, 0) is 14.8 Å². The molecule has 5 fully saturated rings. The highest BCUT2D eigenvalue weighted by Gasteiger charge is 2.56. The molecule has 3 aromatic rings. The van der Waals surface area contributed by atoms with Gasteiger partial charge in [0.25, 0.3) is 15.9 Å². The number of rotatable bonds is 10. The molecule has 3 N–H and O–H groups in total. The smallest absolute Gasteiger partial charge is 0.264 e. The van der Waals surface area contributed by atoms with Gasteiger partial charge in [0.2, 0.25) is 0 Å². The van der Waals surface area contributed by atoms with Crippen molar-refractivity contribution in [2.24, 2.45) is 29.1 Å². The number of fused-ring (bicyclic) bond motifs is 2. The van der Waals surface area contributed by atoms with Gasteiger partial charge in [-0.2, -0.15) is 0 Å². The van der Waals surface area contributed by atoms with Crippen molar-refractivity contribution >= 4 is 39.1 Å². The van der Waals surface area contributed by atoms with E-state index in [2.05, 4.69) is 71.4 Å². The number of nitrogens with one attached hydrogen (secondary N) is 3. The number of hydrogen-bond donors (Lipinski definition) is 3. The molecule has 3 aliphatic carbocycles. The Morgan fingerprint density at radius 2 is 1.73 bits per heavy atom. The molecule has 0 radical (unpaired) electrons. The van der Waals surface area contributed by atoms with Crippen LogP contribution in [0.3, 0.4) is 0 Å². The van der Waals surface area contributed by atoms with Gasteiger partial charge in [0.1, 0.15) is 0 Å². The van der Waals surface area contributed by atoms with Crippen LogP contribution in [0.15, 0.2) is 77.2 Å². The van der Waals surface area contributed by atoms with E-state index >= 15 is 0 Å². The van der Waals surface area contributed by atoms with Gasteiger partial charge in [0.15, 0.2) is 0 Å². The van der Waals surface area contributed by atoms with Crippen molar-refractivity contribution in [3.8, 4) is 0 Å². The summed E-state index contributed by atoms with van der Waals surface area (Å²) in [5.74, 6) is 2.25. The second-order valence-corrected chi connectivity index (χ2v) is 17.7. The average Bonchev–Trinajstić information content (AvgIpc) is 3.12. The molecule has 4 atom stereocenters. The Bertz CT molecular complexity index is 1860. The van der Waals surface area contributed by atoms with Crippen LogP contribution in [0, 0.1) is 36.0 Å². The molecule has 0 spiro atoms. The molecule has 3 saturated carbocycles. The highest BCUT2D eigenvalue weighted by Crippen LogP contribution is 2.61. The molecule has 5 aliphatic rings. The van der Waals surface area contributed by atoms with Crippen LogP contribution in [0.1, 0.15) is 80.8 Å². The lowest BCUT2D eigenvalue weighted by Crippen LogP contribution is -2.58. The van der Waals surface area contributed by atoms with Crippen molar-refractivity contribution in [3.63, 3.8) is 0 Å². The zero-order chi connectivity index (χ0) is 35.8. The normalized spacial score (nSPS) is 24.7. The van der Waals surface area contributed by atoms with Crippen molar-refractivity contribution < 1.29 is 17.9 Å².